The molecule has 1 saturated heterocycles. The SMILES string of the molecule is Cc1c(B2OC(C)(C)C(C)(C)O2)cccc1C(N)=O. The van der Waals surface area contributed by atoms with E-state index in [1.165, 1.54) is 0 Å². The Bertz CT molecular complexity index is 509. The molecule has 5 heteroatoms. The van der Waals surface area contributed by atoms with E-state index in [1.54, 1.807) is 12.1 Å². The van der Waals surface area contributed by atoms with E-state index in [1.807, 2.05) is 40.7 Å². The van der Waals surface area contributed by atoms with Crippen molar-refractivity contribution in [2.45, 2.75) is 45.8 Å². The van der Waals surface area contributed by atoms with Gasteiger partial charge in [0.15, 0.2) is 0 Å². The third-order valence-corrected chi connectivity index (χ3v) is 4.15. The van der Waals surface area contributed by atoms with Crippen LogP contribution in [0.25, 0.3) is 0 Å². The Morgan fingerprint density at radius 2 is 1.68 bits per heavy atom. The van der Waals surface area contributed by atoms with Crippen molar-refractivity contribution in [3.8, 4) is 0 Å². The molecule has 1 aromatic carbocycles. The van der Waals surface area contributed by atoms with Crippen molar-refractivity contribution in [2.24, 2.45) is 5.73 Å². The molecule has 0 spiro atoms. The molecule has 0 saturated carbocycles. The molecule has 2 rings (SSSR count). The molecule has 1 aromatic rings. The molecule has 19 heavy (non-hydrogen) atoms. The minimum atomic E-state index is -0.468. The Morgan fingerprint density at radius 3 is 2.16 bits per heavy atom. The number of carbonyl (C=O) groups excluding carboxylic acids is 1. The molecule has 1 amide bonds. The molecule has 4 nitrogen and oxygen atoms in total. The number of hydrogen-bond acceptors (Lipinski definition) is 3. The van der Waals surface area contributed by atoms with Gasteiger partial charge >= 0.3 is 7.12 Å². The zero-order valence-electron chi connectivity index (χ0n) is 12.1. The summed E-state index contributed by atoms with van der Waals surface area (Å²) in [6.45, 7) is 9.86. The molecule has 0 unspecified atom stereocenters. The van der Waals surface area contributed by atoms with Crippen LogP contribution >= 0.6 is 0 Å². The number of hydrogen-bond donors (Lipinski definition) is 1. The first-order valence-corrected chi connectivity index (χ1v) is 6.41. The van der Waals surface area contributed by atoms with Crippen LogP contribution in [0, 0.1) is 6.92 Å². The lowest BCUT2D eigenvalue weighted by Gasteiger charge is -2.32. The van der Waals surface area contributed by atoms with Gasteiger partial charge in [0, 0.05) is 5.56 Å². The fourth-order valence-electron chi connectivity index (χ4n) is 2.15. The number of nitrogens with two attached hydrogens (primary N) is 1. The van der Waals surface area contributed by atoms with Crippen molar-refractivity contribution >= 4 is 18.5 Å². The van der Waals surface area contributed by atoms with E-state index < -0.39 is 24.2 Å². The minimum Gasteiger partial charge on any atom is -0.399 e. The molecule has 0 radical (unpaired) electrons. The van der Waals surface area contributed by atoms with Gasteiger partial charge in [-0.25, -0.2) is 0 Å². The third kappa shape index (κ3) is 2.28. The summed E-state index contributed by atoms with van der Waals surface area (Å²) in [4.78, 5) is 11.4. The van der Waals surface area contributed by atoms with E-state index in [9.17, 15) is 4.79 Å². The summed E-state index contributed by atoms with van der Waals surface area (Å²) in [5, 5.41) is 0. The van der Waals surface area contributed by atoms with Crippen LogP contribution in [0.3, 0.4) is 0 Å². The number of rotatable bonds is 2. The van der Waals surface area contributed by atoms with Crippen LogP contribution < -0.4 is 11.2 Å². The molecule has 0 bridgehead atoms. The maximum absolute atomic E-state index is 11.4. The van der Waals surface area contributed by atoms with Gasteiger partial charge in [-0.1, -0.05) is 12.1 Å². The lowest BCUT2D eigenvalue weighted by atomic mass is 9.75. The van der Waals surface area contributed by atoms with Crippen LogP contribution in [0.2, 0.25) is 0 Å². The van der Waals surface area contributed by atoms with Gasteiger partial charge in [-0.2, -0.15) is 0 Å². The van der Waals surface area contributed by atoms with Crippen LogP contribution in [0.5, 0.6) is 0 Å². The molecule has 102 valence electrons. The summed E-state index contributed by atoms with van der Waals surface area (Å²) in [5.41, 5.74) is 6.75. The second kappa shape index (κ2) is 4.35. The van der Waals surface area contributed by atoms with Crippen molar-refractivity contribution in [2.75, 3.05) is 0 Å². The number of carbonyl (C=O) groups is 1. The Kier molecular flexibility index (Phi) is 3.23. The fourth-order valence-corrected chi connectivity index (χ4v) is 2.15. The molecular formula is C14H20BNO3. The largest absolute Gasteiger partial charge is 0.495 e. The van der Waals surface area contributed by atoms with Gasteiger partial charge in [0.25, 0.3) is 0 Å². The average Bonchev–Trinajstić information content (AvgIpc) is 2.47. The van der Waals surface area contributed by atoms with Gasteiger partial charge in [-0.3, -0.25) is 4.79 Å². The fraction of sp³-hybridized carbons (Fsp3) is 0.500. The topological polar surface area (TPSA) is 61.6 Å². The van der Waals surface area contributed by atoms with Crippen LogP contribution in [0.1, 0.15) is 43.6 Å². The summed E-state index contributed by atoms with van der Waals surface area (Å²) in [7, 11) is -0.468. The number of benzene rings is 1. The average molecular weight is 261 g/mol. The maximum atomic E-state index is 11.4. The van der Waals surface area contributed by atoms with Gasteiger partial charge in [-0.05, 0) is 51.7 Å². The molecule has 1 aliphatic heterocycles. The van der Waals surface area contributed by atoms with Gasteiger partial charge in [0.2, 0.25) is 5.91 Å². The highest BCUT2D eigenvalue weighted by Crippen LogP contribution is 2.36. The van der Waals surface area contributed by atoms with E-state index in [0.717, 1.165) is 11.0 Å². The summed E-state index contributed by atoms with van der Waals surface area (Å²) in [5.74, 6) is -0.434. The molecular weight excluding hydrogens is 241 g/mol. The van der Waals surface area contributed by atoms with Crippen molar-refractivity contribution < 1.29 is 14.1 Å². The molecule has 2 N–H and O–H groups in total. The van der Waals surface area contributed by atoms with E-state index in [0.29, 0.717) is 5.56 Å². The first-order chi connectivity index (χ1) is 8.66. The van der Waals surface area contributed by atoms with E-state index >= 15 is 0 Å². The standard InChI is InChI=1S/C14H20BNO3/c1-9-10(12(16)17)7-6-8-11(9)15-18-13(2,3)14(4,5)19-15/h6-8H,1-5H3,(H2,16,17). The second-order valence-corrected chi connectivity index (χ2v) is 5.97. The molecule has 1 fully saturated rings. The lowest BCUT2D eigenvalue weighted by Crippen LogP contribution is -2.41. The summed E-state index contributed by atoms with van der Waals surface area (Å²) >= 11 is 0. The second-order valence-electron chi connectivity index (χ2n) is 5.97. The molecule has 1 aliphatic rings. The van der Waals surface area contributed by atoms with Crippen LogP contribution in [0.4, 0.5) is 0 Å². The van der Waals surface area contributed by atoms with Gasteiger partial charge in [0.1, 0.15) is 0 Å². The molecule has 0 aromatic heterocycles. The Balaban J connectivity index is 2.40. The van der Waals surface area contributed by atoms with Crippen molar-refractivity contribution in [3.05, 3.63) is 29.3 Å². The normalized spacial score (nSPS) is 20.6. The highest BCUT2D eigenvalue weighted by molar-refractivity contribution is 6.62. The summed E-state index contributed by atoms with van der Waals surface area (Å²) < 4.78 is 12.0. The first-order valence-electron chi connectivity index (χ1n) is 6.41. The third-order valence-electron chi connectivity index (χ3n) is 4.15. The van der Waals surface area contributed by atoms with Crippen molar-refractivity contribution in [1.29, 1.82) is 0 Å². The van der Waals surface area contributed by atoms with Crippen LogP contribution in [-0.2, 0) is 9.31 Å². The quantitative estimate of drug-likeness (QED) is 0.818. The highest BCUT2D eigenvalue weighted by atomic mass is 16.7. The summed E-state index contributed by atoms with van der Waals surface area (Å²) in [6, 6.07) is 5.42. The Hall–Kier alpha value is -1.33. The van der Waals surface area contributed by atoms with Gasteiger partial charge in [-0.15, -0.1) is 0 Å². The summed E-state index contributed by atoms with van der Waals surface area (Å²) in [6.07, 6.45) is 0. The molecule has 1 heterocycles. The zero-order chi connectivity index (χ0) is 14.4. The monoisotopic (exact) mass is 261 g/mol. The minimum absolute atomic E-state index is 0.396. The Morgan fingerprint density at radius 1 is 1.16 bits per heavy atom. The van der Waals surface area contributed by atoms with Crippen LogP contribution in [0.15, 0.2) is 18.2 Å². The predicted octanol–water partition coefficient (Wildman–Crippen LogP) is 1.39. The van der Waals surface area contributed by atoms with Crippen molar-refractivity contribution in [3.63, 3.8) is 0 Å². The molecule has 0 aliphatic carbocycles. The maximum Gasteiger partial charge on any atom is 0.495 e. The van der Waals surface area contributed by atoms with Crippen molar-refractivity contribution in [1.82, 2.24) is 0 Å². The van der Waals surface area contributed by atoms with E-state index in [4.69, 9.17) is 15.0 Å². The first kappa shape index (κ1) is 14.1. The zero-order valence-corrected chi connectivity index (χ0v) is 12.1. The number of amides is 1. The highest BCUT2D eigenvalue weighted by Gasteiger charge is 2.52. The number of primary amides is 1. The van der Waals surface area contributed by atoms with Crippen LogP contribution in [-0.4, -0.2) is 24.2 Å². The molecule has 0 atom stereocenters. The van der Waals surface area contributed by atoms with Gasteiger partial charge in [0.05, 0.1) is 11.2 Å². The Labute approximate surface area is 114 Å². The smallest absolute Gasteiger partial charge is 0.399 e. The predicted molar refractivity (Wildman–Crippen MR) is 75.4 cm³/mol. The lowest BCUT2D eigenvalue weighted by molar-refractivity contribution is 0.00578. The van der Waals surface area contributed by atoms with Gasteiger partial charge < -0.3 is 15.0 Å². The van der Waals surface area contributed by atoms with E-state index in [-0.39, 0.29) is 0 Å². The van der Waals surface area contributed by atoms with E-state index in [2.05, 4.69) is 0 Å².